The van der Waals surface area contributed by atoms with Crippen LogP contribution in [0.2, 0.25) is 0 Å². The van der Waals surface area contributed by atoms with Crippen LogP contribution in [0.25, 0.3) is 0 Å². The van der Waals surface area contributed by atoms with Gasteiger partial charge >= 0.3 is 0 Å². The maximum Gasteiger partial charge on any atom is 0.163 e. The van der Waals surface area contributed by atoms with Gasteiger partial charge in [0, 0.05) is 17.6 Å². The van der Waals surface area contributed by atoms with E-state index in [4.69, 9.17) is 0 Å². The van der Waals surface area contributed by atoms with Crippen LogP contribution in [0.4, 0.5) is 8.78 Å². The van der Waals surface area contributed by atoms with Crippen LogP contribution < -0.4 is 5.32 Å². The van der Waals surface area contributed by atoms with Crippen molar-refractivity contribution < 1.29 is 8.78 Å². The SMILES string of the molecule is CC(NC1CC=CC1)c1cccc(F)c1F. The number of hydrogen-bond donors (Lipinski definition) is 1. The zero-order valence-corrected chi connectivity index (χ0v) is 9.21. The van der Waals surface area contributed by atoms with Gasteiger partial charge in [-0.05, 0) is 25.8 Å². The molecule has 1 atom stereocenters. The molecule has 0 heterocycles. The van der Waals surface area contributed by atoms with E-state index in [1.54, 1.807) is 12.1 Å². The van der Waals surface area contributed by atoms with E-state index in [0.717, 1.165) is 18.9 Å². The minimum atomic E-state index is -0.782. The molecule has 0 aromatic heterocycles. The maximum absolute atomic E-state index is 13.5. The lowest BCUT2D eigenvalue weighted by Crippen LogP contribution is -2.29. The molecule has 16 heavy (non-hydrogen) atoms. The van der Waals surface area contributed by atoms with Crippen LogP contribution in [-0.2, 0) is 0 Å². The molecule has 0 saturated heterocycles. The van der Waals surface area contributed by atoms with Gasteiger partial charge in [0.25, 0.3) is 0 Å². The topological polar surface area (TPSA) is 12.0 Å². The minimum absolute atomic E-state index is 0.166. The summed E-state index contributed by atoms with van der Waals surface area (Å²) in [5, 5.41) is 3.29. The first-order chi connectivity index (χ1) is 7.68. The highest BCUT2D eigenvalue weighted by Crippen LogP contribution is 2.21. The molecule has 3 heteroatoms. The summed E-state index contributed by atoms with van der Waals surface area (Å²) in [7, 11) is 0. The molecule has 0 fully saturated rings. The molecular weight excluding hydrogens is 208 g/mol. The second-order valence-electron chi connectivity index (χ2n) is 4.17. The van der Waals surface area contributed by atoms with Crippen molar-refractivity contribution >= 4 is 0 Å². The molecular formula is C13H15F2N. The highest BCUT2D eigenvalue weighted by molar-refractivity contribution is 5.22. The van der Waals surface area contributed by atoms with Crippen LogP contribution >= 0.6 is 0 Å². The Hall–Kier alpha value is -1.22. The summed E-state index contributed by atoms with van der Waals surface area (Å²) in [6, 6.07) is 4.48. The molecule has 0 aliphatic heterocycles. The van der Waals surface area contributed by atoms with Crippen LogP contribution in [0.5, 0.6) is 0 Å². The summed E-state index contributed by atoms with van der Waals surface area (Å²) in [6.07, 6.45) is 6.13. The van der Waals surface area contributed by atoms with Crippen LogP contribution in [0.1, 0.15) is 31.4 Å². The summed E-state index contributed by atoms with van der Waals surface area (Å²) < 4.78 is 26.5. The summed E-state index contributed by atoms with van der Waals surface area (Å²) in [6.45, 7) is 1.86. The van der Waals surface area contributed by atoms with Crippen LogP contribution in [0.15, 0.2) is 30.4 Å². The Balaban J connectivity index is 2.08. The average Bonchev–Trinajstić information content (AvgIpc) is 2.74. The Bertz CT molecular complexity index is 393. The van der Waals surface area contributed by atoms with Crippen molar-refractivity contribution in [3.05, 3.63) is 47.5 Å². The fourth-order valence-electron chi connectivity index (χ4n) is 2.05. The van der Waals surface area contributed by atoms with Crippen LogP contribution in [0, 0.1) is 11.6 Å². The number of benzene rings is 1. The molecule has 0 spiro atoms. The number of hydrogen-bond acceptors (Lipinski definition) is 1. The molecule has 1 unspecified atom stereocenters. The van der Waals surface area contributed by atoms with E-state index in [0.29, 0.717) is 11.6 Å². The molecule has 0 amide bonds. The Morgan fingerprint density at radius 3 is 2.62 bits per heavy atom. The highest BCUT2D eigenvalue weighted by atomic mass is 19.2. The number of halogens is 2. The predicted molar refractivity (Wildman–Crippen MR) is 60.1 cm³/mol. The Morgan fingerprint density at radius 1 is 1.25 bits per heavy atom. The van der Waals surface area contributed by atoms with E-state index >= 15 is 0 Å². The van der Waals surface area contributed by atoms with E-state index < -0.39 is 11.6 Å². The molecule has 1 aliphatic carbocycles. The highest BCUT2D eigenvalue weighted by Gasteiger charge is 2.18. The molecule has 0 saturated carbocycles. The van der Waals surface area contributed by atoms with Gasteiger partial charge in [0.05, 0.1) is 0 Å². The standard InChI is InChI=1S/C13H15F2N/c1-9(16-10-5-2-3-6-10)11-7-4-8-12(14)13(11)15/h2-4,7-10,16H,5-6H2,1H3. The van der Waals surface area contributed by atoms with E-state index in [9.17, 15) is 8.78 Å². The largest absolute Gasteiger partial charge is 0.307 e. The van der Waals surface area contributed by atoms with Crippen molar-refractivity contribution in [2.45, 2.75) is 31.8 Å². The molecule has 2 rings (SSSR count). The zero-order valence-electron chi connectivity index (χ0n) is 9.21. The predicted octanol–water partition coefficient (Wildman–Crippen LogP) is 3.33. The van der Waals surface area contributed by atoms with Gasteiger partial charge in [-0.25, -0.2) is 8.78 Å². The van der Waals surface area contributed by atoms with E-state index in [1.807, 2.05) is 6.92 Å². The van der Waals surface area contributed by atoms with Crippen LogP contribution in [-0.4, -0.2) is 6.04 Å². The maximum atomic E-state index is 13.5. The van der Waals surface area contributed by atoms with Gasteiger partial charge in [-0.15, -0.1) is 0 Å². The van der Waals surface area contributed by atoms with Crippen molar-refractivity contribution in [2.24, 2.45) is 0 Å². The molecule has 1 nitrogen and oxygen atoms in total. The molecule has 0 bridgehead atoms. The van der Waals surface area contributed by atoms with E-state index in [2.05, 4.69) is 17.5 Å². The lowest BCUT2D eigenvalue weighted by atomic mass is 10.1. The van der Waals surface area contributed by atoms with Crippen molar-refractivity contribution in [1.82, 2.24) is 5.32 Å². The van der Waals surface area contributed by atoms with E-state index in [-0.39, 0.29) is 6.04 Å². The normalized spacial score (nSPS) is 17.9. The van der Waals surface area contributed by atoms with Gasteiger partial charge in [-0.3, -0.25) is 0 Å². The monoisotopic (exact) mass is 223 g/mol. The van der Waals surface area contributed by atoms with Gasteiger partial charge in [-0.2, -0.15) is 0 Å². The quantitative estimate of drug-likeness (QED) is 0.775. The summed E-state index contributed by atoms with van der Waals surface area (Å²) in [4.78, 5) is 0. The van der Waals surface area contributed by atoms with Crippen molar-refractivity contribution in [2.75, 3.05) is 0 Å². The average molecular weight is 223 g/mol. The lowest BCUT2D eigenvalue weighted by Gasteiger charge is -2.20. The third-order valence-corrected chi connectivity index (χ3v) is 2.94. The second-order valence-corrected chi connectivity index (χ2v) is 4.17. The first-order valence-electron chi connectivity index (χ1n) is 5.53. The summed E-state index contributed by atoms with van der Waals surface area (Å²) >= 11 is 0. The van der Waals surface area contributed by atoms with Crippen molar-refractivity contribution in [1.29, 1.82) is 0 Å². The molecule has 1 aromatic rings. The Labute approximate surface area is 94.2 Å². The van der Waals surface area contributed by atoms with E-state index in [1.165, 1.54) is 0 Å². The Kier molecular flexibility index (Phi) is 3.34. The third-order valence-electron chi connectivity index (χ3n) is 2.94. The fraction of sp³-hybridized carbons (Fsp3) is 0.385. The zero-order chi connectivity index (χ0) is 11.5. The summed E-state index contributed by atoms with van der Waals surface area (Å²) in [5.41, 5.74) is 0.395. The van der Waals surface area contributed by atoms with Gasteiger partial charge in [0.1, 0.15) is 0 Å². The third kappa shape index (κ3) is 2.30. The van der Waals surface area contributed by atoms with Crippen LogP contribution in [0.3, 0.4) is 0 Å². The lowest BCUT2D eigenvalue weighted by molar-refractivity contribution is 0.438. The molecule has 86 valence electrons. The molecule has 0 radical (unpaired) electrons. The Morgan fingerprint density at radius 2 is 1.94 bits per heavy atom. The second kappa shape index (κ2) is 4.74. The molecule has 1 N–H and O–H groups in total. The molecule has 1 aliphatic rings. The number of rotatable bonds is 3. The fourth-order valence-corrected chi connectivity index (χ4v) is 2.05. The minimum Gasteiger partial charge on any atom is -0.307 e. The van der Waals surface area contributed by atoms with Gasteiger partial charge in [0.2, 0.25) is 0 Å². The molecule has 1 aromatic carbocycles. The summed E-state index contributed by atoms with van der Waals surface area (Å²) in [5.74, 6) is -1.52. The van der Waals surface area contributed by atoms with Crippen molar-refractivity contribution in [3.63, 3.8) is 0 Å². The van der Waals surface area contributed by atoms with Crippen molar-refractivity contribution in [3.8, 4) is 0 Å². The smallest absolute Gasteiger partial charge is 0.163 e. The first-order valence-corrected chi connectivity index (χ1v) is 5.53. The van der Waals surface area contributed by atoms with Gasteiger partial charge < -0.3 is 5.32 Å². The van der Waals surface area contributed by atoms with Gasteiger partial charge in [0.15, 0.2) is 11.6 Å². The first kappa shape index (κ1) is 11.3. The number of nitrogens with one attached hydrogen (secondary N) is 1. The van der Waals surface area contributed by atoms with Gasteiger partial charge in [-0.1, -0.05) is 24.3 Å².